The molecule has 0 aliphatic heterocycles. The van der Waals surface area contributed by atoms with Gasteiger partial charge in [-0.1, -0.05) is 211 Å². The monoisotopic (exact) mass is 871 g/mol. The quantitative estimate of drug-likeness (QED) is 0.0341. The Kier molecular flexibility index (Phi) is 67.3. The third kappa shape index (κ3) is 75.9. The first-order valence-corrected chi connectivity index (χ1v) is 25.9. The van der Waals surface area contributed by atoms with Crippen molar-refractivity contribution >= 4 is 35.3 Å². The van der Waals surface area contributed by atoms with E-state index in [1.165, 1.54) is 193 Å². The Hall–Kier alpha value is -1.84. The number of carboxylic acids is 3. The molecule has 0 radical (unpaired) electrons. The minimum Gasteiger partial charge on any atom is -0.550 e. The molecule has 0 bridgehead atoms. The fourth-order valence-corrected chi connectivity index (χ4v) is 7.02. The van der Waals surface area contributed by atoms with Gasteiger partial charge in [-0.15, -0.1) is 0 Å². The fraction of sp³-hybridized carbons (Fsp3) is 0.833. The summed E-state index contributed by atoms with van der Waals surface area (Å²) in [5, 5.41) is 30.6. The summed E-state index contributed by atoms with van der Waals surface area (Å²) < 4.78 is 0. The number of hydrogen-bond acceptors (Lipinski definition) is 6. The Bertz CT molecular complexity index is 827. The molecule has 0 saturated heterocycles. The second kappa shape index (κ2) is 62.5. The summed E-state index contributed by atoms with van der Waals surface area (Å²) >= 11 is 0. The number of allylic oxidation sites excluding steroid dienone is 6. The number of carbonyl (C=O) groups is 3. The Balaban J connectivity index is -0.000000396. The van der Waals surface area contributed by atoms with E-state index in [1.807, 2.05) is 0 Å². The summed E-state index contributed by atoms with van der Waals surface area (Å²) in [5.41, 5.74) is 0. The summed E-state index contributed by atoms with van der Waals surface area (Å²) in [6.07, 6.45) is 62.7. The molecule has 0 amide bonds. The van der Waals surface area contributed by atoms with Gasteiger partial charge in [0.05, 0.1) is 0 Å². The van der Waals surface area contributed by atoms with E-state index < -0.39 is 17.9 Å². The van der Waals surface area contributed by atoms with E-state index >= 15 is 0 Å². The van der Waals surface area contributed by atoms with Gasteiger partial charge in [0, 0.05) is 17.9 Å². The topological polar surface area (TPSA) is 120 Å². The molecule has 0 aliphatic carbocycles. The first kappa shape index (κ1) is 65.8. The van der Waals surface area contributed by atoms with Gasteiger partial charge in [-0.2, -0.15) is 0 Å². The largest absolute Gasteiger partial charge is 3.00 e. The molecule has 0 aliphatic rings. The molecule has 0 heterocycles. The number of carbonyl (C=O) groups excluding carboxylic acids is 3. The fourth-order valence-electron chi connectivity index (χ4n) is 7.02. The molecule has 7 heteroatoms. The van der Waals surface area contributed by atoms with Crippen molar-refractivity contribution in [1.29, 1.82) is 0 Å². The van der Waals surface area contributed by atoms with Gasteiger partial charge in [0.25, 0.3) is 0 Å². The zero-order valence-corrected chi connectivity index (χ0v) is 41.8. The molecule has 0 saturated carbocycles. The molecule has 61 heavy (non-hydrogen) atoms. The molecule has 0 rings (SSSR count). The van der Waals surface area contributed by atoms with Crippen LogP contribution in [0.4, 0.5) is 0 Å². The van der Waals surface area contributed by atoms with Crippen LogP contribution in [-0.2, 0) is 14.4 Å². The molecular formula is C54H99AlO6. The zero-order chi connectivity index (χ0) is 44.7. The Labute approximate surface area is 390 Å². The first-order chi connectivity index (χ1) is 29.3. The van der Waals surface area contributed by atoms with Crippen LogP contribution >= 0.6 is 0 Å². The Morgan fingerprint density at radius 2 is 0.410 bits per heavy atom. The molecule has 0 N–H and O–H groups in total. The smallest absolute Gasteiger partial charge is 0.550 e. The Morgan fingerprint density at radius 1 is 0.262 bits per heavy atom. The summed E-state index contributed by atoms with van der Waals surface area (Å²) in [7, 11) is 0. The molecule has 0 unspecified atom stereocenters. The second-order valence-corrected chi connectivity index (χ2v) is 17.1. The number of aliphatic carboxylic acids is 3. The average molecular weight is 871 g/mol. The second-order valence-electron chi connectivity index (χ2n) is 17.1. The van der Waals surface area contributed by atoms with E-state index in [0.29, 0.717) is 0 Å². The molecule has 0 fully saturated rings. The van der Waals surface area contributed by atoms with E-state index in [9.17, 15) is 29.7 Å². The van der Waals surface area contributed by atoms with Crippen molar-refractivity contribution in [3.63, 3.8) is 0 Å². The predicted octanol–water partition coefficient (Wildman–Crippen LogP) is 13.9. The van der Waals surface area contributed by atoms with E-state index in [4.69, 9.17) is 0 Å². The van der Waals surface area contributed by atoms with E-state index in [2.05, 4.69) is 57.2 Å². The maximum Gasteiger partial charge on any atom is 3.00 e. The van der Waals surface area contributed by atoms with Crippen molar-refractivity contribution in [1.82, 2.24) is 0 Å². The van der Waals surface area contributed by atoms with Crippen LogP contribution in [0.15, 0.2) is 36.5 Å². The van der Waals surface area contributed by atoms with Crippen LogP contribution in [0.25, 0.3) is 0 Å². The molecule has 0 aromatic carbocycles. The van der Waals surface area contributed by atoms with E-state index in [0.717, 1.165) is 57.8 Å². The molecular weight excluding hydrogens is 772 g/mol. The van der Waals surface area contributed by atoms with Crippen molar-refractivity contribution in [3.05, 3.63) is 36.5 Å². The molecule has 0 atom stereocenters. The van der Waals surface area contributed by atoms with E-state index in [-0.39, 0.29) is 36.6 Å². The third-order valence-corrected chi connectivity index (χ3v) is 10.9. The van der Waals surface area contributed by atoms with Gasteiger partial charge in [0.1, 0.15) is 0 Å². The molecule has 6 nitrogen and oxygen atoms in total. The van der Waals surface area contributed by atoms with Gasteiger partial charge in [0.15, 0.2) is 0 Å². The normalized spacial score (nSPS) is 11.1. The minimum absolute atomic E-state index is 0. The first-order valence-electron chi connectivity index (χ1n) is 25.9. The van der Waals surface area contributed by atoms with Crippen LogP contribution in [0, 0.1) is 0 Å². The van der Waals surface area contributed by atoms with E-state index in [1.54, 1.807) is 0 Å². The number of carboxylic acid groups (broad SMARTS) is 3. The SMILES string of the molecule is CCCCCCCC/C=C\CCCCCCCC(=O)[O-].CCCCCCCC/C=C\CCCCCCCC(=O)[O-].CCCCCCCC/C=C\CCCCCCCC(=O)[O-].[Al+3]. The molecule has 0 spiro atoms. The van der Waals surface area contributed by atoms with Gasteiger partial charge in [-0.3, -0.25) is 0 Å². The summed E-state index contributed by atoms with van der Waals surface area (Å²) in [5.74, 6) is -2.74. The molecule has 354 valence electrons. The average Bonchev–Trinajstić information content (AvgIpc) is 3.22. The van der Waals surface area contributed by atoms with Gasteiger partial charge in [0.2, 0.25) is 0 Å². The van der Waals surface area contributed by atoms with Crippen molar-refractivity contribution < 1.29 is 29.7 Å². The van der Waals surface area contributed by atoms with Gasteiger partial charge >= 0.3 is 17.4 Å². The number of unbranched alkanes of at least 4 members (excludes halogenated alkanes) is 33. The van der Waals surface area contributed by atoms with Crippen LogP contribution in [-0.4, -0.2) is 35.3 Å². The van der Waals surface area contributed by atoms with Crippen LogP contribution in [0.2, 0.25) is 0 Å². The Morgan fingerprint density at radius 3 is 0.574 bits per heavy atom. The standard InChI is InChI=1S/3C18H34O2.Al/c3*1-2-3-4-5-6-7-8-9-10-11-12-13-14-15-16-17-18(19)20;/h3*9-10H,2-8,11-17H2,1H3,(H,19,20);/q;;;+3/p-3/b3*10-9-;. The van der Waals surface area contributed by atoms with Crippen LogP contribution < -0.4 is 15.3 Å². The van der Waals surface area contributed by atoms with Gasteiger partial charge in [-0.25, -0.2) is 0 Å². The third-order valence-electron chi connectivity index (χ3n) is 10.9. The van der Waals surface area contributed by atoms with Crippen molar-refractivity contribution in [3.8, 4) is 0 Å². The minimum atomic E-state index is -0.914. The summed E-state index contributed by atoms with van der Waals surface area (Å²) in [6.45, 7) is 6.77. The van der Waals surface area contributed by atoms with Crippen molar-refractivity contribution in [2.45, 2.75) is 290 Å². The summed E-state index contributed by atoms with van der Waals surface area (Å²) in [4.78, 5) is 30.6. The number of hydrogen-bond donors (Lipinski definition) is 0. The maximum atomic E-state index is 10.2. The van der Waals surface area contributed by atoms with Crippen LogP contribution in [0.1, 0.15) is 290 Å². The predicted molar refractivity (Wildman–Crippen MR) is 259 cm³/mol. The van der Waals surface area contributed by atoms with Crippen molar-refractivity contribution in [2.24, 2.45) is 0 Å². The van der Waals surface area contributed by atoms with Crippen molar-refractivity contribution in [2.75, 3.05) is 0 Å². The van der Waals surface area contributed by atoms with Gasteiger partial charge < -0.3 is 29.7 Å². The zero-order valence-electron chi connectivity index (χ0n) is 40.7. The summed E-state index contributed by atoms with van der Waals surface area (Å²) in [6, 6.07) is 0. The van der Waals surface area contributed by atoms with Gasteiger partial charge in [-0.05, 0) is 116 Å². The maximum absolute atomic E-state index is 10.2. The van der Waals surface area contributed by atoms with Crippen LogP contribution in [0.5, 0.6) is 0 Å². The van der Waals surface area contributed by atoms with Crippen LogP contribution in [0.3, 0.4) is 0 Å². The molecule has 0 aromatic rings. The number of rotatable bonds is 45. The molecule has 0 aromatic heterocycles.